The van der Waals surface area contributed by atoms with Crippen molar-refractivity contribution in [1.29, 1.82) is 0 Å². The number of hydrogen-bond donors (Lipinski definition) is 1. The number of hydrogen-bond acceptors (Lipinski definition) is 4. The Labute approximate surface area is 127 Å². The van der Waals surface area contributed by atoms with Gasteiger partial charge in [-0.25, -0.2) is 4.98 Å². The molecule has 1 aromatic carbocycles. The van der Waals surface area contributed by atoms with Gasteiger partial charge < -0.3 is 14.4 Å². The summed E-state index contributed by atoms with van der Waals surface area (Å²) in [5, 5.41) is 5.99. The van der Waals surface area contributed by atoms with Crippen LogP contribution in [0.25, 0.3) is 11.0 Å². The maximum atomic E-state index is 12.7. The first kappa shape index (κ1) is 15.1. The first-order valence-corrected chi connectivity index (χ1v) is 6.57. The number of benzene rings is 1. The highest BCUT2D eigenvalue weighted by atomic mass is 19.4. The number of amides is 1. The van der Waals surface area contributed by atoms with Crippen molar-refractivity contribution in [3.63, 3.8) is 0 Å². The van der Waals surface area contributed by atoms with Crippen LogP contribution in [0.3, 0.4) is 0 Å². The van der Waals surface area contributed by atoms with Crippen molar-refractivity contribution >= 4 is 16.9 Å². The Balaban J connectivity index is 1.84. The van der Waals surface area contributed by atoms with Crippen molar-refractivity contribution in [2.75, 3.05) is 0 Å². The zero-order valence-electron chi connectivity index (χ0n) is 11.9. The van der Waals surface area contributed by atoms with E-state index in [2.05, 4.69) is 15.5 Å². The molecular formula is C14H11F3N4O2. The fourth-order valence-corrected chi connectivity index (χ4v) is 2.16. The number of halogens is 3. The zero-order valence-corrected chi connectivity index (χ0v) is 11.9. The van der Waals surface area contributed by atoms with Crippen LogP contribution in [0.1, 0.15) is 21.9 Å². The van der Waals surface area contributed by atoms with Gasteiger partial charge in [-0.1, -0.05) is 5.16 Å². The van der Waals surface area contributed by atoms with Crippen molar-refractivity contribution in [1.82, 2.24) is 20.0 Å². The van der Waals surface area contributed by atoms with E-state index in [1.807, 2.05) is 0 Å². The van der Waals surface area contributed by atoms with E-state index in [0.717, 1.165) is 12.1 Å². The average Bonchev–Trinajstić information content (AvgIpc) is 3.12. The first-order valence-electron chi connectivity index (χ1n) is 6.57. The van der Waals surface area contributed by atoms with Crippen molar-refractivity contribution in [3.8, 4) is 0 Å². The van der Waals surface area contributed by atoms with Gasteiger partial charge in [0.25, 0.3) is 5.91 Å². The van der Waals surface area contributed by atoms with E-state index in [9.17, 15) is 18.0 Å². The second-order valence-electron chi connectivity index (χ2n) is 4.85. The molecule has 120 valence electrons. The summed E-state index contributed by atoms with van der Waals surface area (Å²) >= 11 is 0. The highest BCUT2D eigenvalue weighted by Crippen LogP contribution is 2.31. The van der Waals surface area contributed by atoms with Crippen molar-refractivity contribution in [3.05, 3.63) is 47.6 Å². The topological polar surface area (TPSA) is 73.0 Å². The SMILES string of the molecule is Cn1c(CNC(=O)c2ccno2)nc2cc(C(F)(F)F)ccc21. The fourth-order valence-electron chi connectivity index (χ4n) is 2.16. The quantitative estimate of drug-likeness (QED) is 0.803. The summed E-state index contributed by atoms with van der Waals surface area (Å²) in [6, 6.07) is 4.74. The normalized spacial score (nSPS) is 11.8. The Bertz CT molecular complexity index is 853. The second-order valence-corrected chi connectivity index (χ2v) is 4.85. The lowest BCUT2D eigenvalue weighted by molar-refractivity contribution is -0.137. The van der Waals surface area contributed by atoms with Crippen molar-refractivity contribution in [2.45, 2.75) is 12.7 Å². The number of rotatable bonds is 3. The highest BCUT2D eigenvalue weighted by molar-refractivity contribution is 5.91. The Kier molecular flexibility index (Phi) is 3.55. The molecule has 0 fully saturated rings. The molecule has 0 unspecified atom stereocenters. The molecule has 0 aliphatic carbocycles. The molecule has 1 amide bonds. The maximum absolute atomic E-state index is 12.7. The van der Waals surface area contributed by atoms with Gasteiger partial charge in [0.2, 0.25) is 5.76 Å². The van der Waals surface area contributed by atoms with Gasteiger partial charge >= 0.3 is 6.18 Å². The van der Waals surface area contributed by atoms with Crippen LogP contribution in [0, 0.1) is 0 Å². The number of alkyl halides is 3. The van der Waals surface area contributed by atoms with Gasteiger partial charge in [0.1, 0.15) is 5.82 Å². The lowest BCUT2D eigenvalue weighted by Crippen LogP contribution is -2.23. The molecule has 0 spiro atoms. The van der Waals surface area contributed by atoms with E-state index in [-0.39, 0.29) is 17.8 Å². The molecule has 6 nitrogen and oxygen atoms in total. The third-order valence-electron chi connectivity index (χ3n) is 3.37. The molecule has 0 aliphatic rings. The molecule has 0 radical (unpaired) electrons. The smallest absolute Gasteiger partial charge is 0.351 e. The number of imidazole rings is 1. The zero-order chi connectivity index (χ0) is 16.6. The lowest BCUT2D eigenvalue weighted by Gasteiger charge is -2.06. The van der Waals surface area contributed by atoms with Crippen LogP contribution in [0.4, 0.5) is 13.2 Å². The van der Waals surface area contributed by atoms with Gasteiger partial charge in [-0.2, -0.15) is 13.2 Å². The second kappa shape index (κ2) is 5.41. The van der Waals surface area contributed by atoms with Crippen LogP contribution >= 0.6 is 0 Å². The van der Waals surface area contributed by atoms with Crippen LogP contribution in [0.2, 0.25) is 0 Å². The van der Waals surface area contributed by atoms with Gasteiger partial charge in [0.15, 0.2) is 0 Å². The van der Waals surface area contributed by atoms with Gasteiger partial charge in [-0.05, 0) is 18.2 Å². The van der Waals surface area contributed by atoms with E-state index in [1.54, 1.807) is 11.6 Å². The summed E-state index contributed by atoms with van der Waals surface area (Å²) in [6.45, 7) is 0.0477. The van der Waals surface area contributed by atoms with E-state index in [1.165, 1.54) is 18.3 Å². The van der Waals surface area contributed by atoms with Crippen molar-refractivity contribution < 1.29 is 22.5 Å². The Morgan fingerprint density at radius 1 is 1.35 bits per heavy atom. The number of aryl methyl sites for hydroxylation is 1. The minimum atomic E-state index is -4.42. The molecule has 0 saturated heterocycles. The number of fused-ring (bicyclic) bond motifs is 1. The van der Waals surface area contributed by atoms with E-state index >= 15 is 0 Å². The van der Waals surface area contributed by atoms with Gasteiger partial charge in [0, 0.05) is 13.1 Å². The Morgan fingerprint density at radius 3 is 2.78 bits per heavy atom. The predicted octanol–water partition coefficient (Wildman–Crippen LogP) is 2.51. The lowest BCUT2D eigenvalue weighted by atomic mass is 10.2. The standard InChI is InChI=1S/C14H11F3N4O2/c1-21-10-3-2-8(14(15,16)17)6-9(10)20-12(21)7-18-13(22)11-4-5-19-23-11/h2-6H,7H2,1H3,(H,18,22). The molecule has 0 bridgehead atoms. The summed E-state index contributed by atoms with van der Waals surface area (Å²) in [6.07, 6.45) is -3.09. The monoisotopic (exact) mass is 324 g/mol. The van der Waals surface area contributed by atoms with E-state index in [0.29, 0.717) is 11.3 Å². The molecule has 2 heterocycles. The highest BCUT2D eigenvalue weighted by Gasteiger charge is 2.31. The summed E-state index contributed by atoms with van der Waals surface area (Å²) < 4.78 is 44.5. The molecular weight excluding hydrogens is 313 g/mol. The minimum Gasteiger partial charge on any atom is -0.351 e. The molecule has 0 aliphatic heterocycles. The molecule has 2 aromatic heterocycles. The van der Waals surface area contributed by atoms with Crippen LogP contribution in [0.15, 0.2) is 35.0 Å². The average molecular weight is 324 g/mol. The third kappa shape index (κ3) is 2.89. The van der Waals surface area contributed by atoms with Crippen LogP contribution in [-0.4, -0.2) is 20.6 Å². The summed E-state index contributed by atoms with van der Waals surface area (Å²) in [5.41, 5.74) is -0.00602. The van der Waals surface area contributed by atoms with Crippen LogP contribution < -0.4 is 5.32 Å². The first-order chi connectivity index (χ1) is 10.9. The summed E-state index contributed by atoms with van der Waals surface area (Å²) in [4.78, 5) is 15.9. The molecule has 0 saturated carbocycles. The molecule has 3 aromatic rings. The Morgan fingerprint density at radius 2 is 2.13 bits per heavy atom. The predicted molar refractivity (Wildman–Crippen MR) is 73.4 cm³/mol. The number of nitrogens with zero attached hydrogens (tertiary/aromatic N) is 3. The maximum Gasteiger partial charge on any atom is 0.416 e. The number of carbonyl (C=O) groups is 1. The number of carbonyl (C=O) groups excluding carboxylic acids is 1. The van der Waals surface area contributed by atoms with Gasteiger partial charge in [-0.15, -0.1) is 0 Å². The molecule has 1 N–H and O–H groups in total. The van der Waals surface area contributed by atoms with E-state index in [4.69, 9.17) is 4.52 Å². The number of aromatic nitrogens is 3. The molecule has 9 heteroatoms. The molecule has 0 atom stereocenters. The van der Waals surface area contributed by atoms with Gasteiger partial charge in [0.05, 0.1) is 29.3 Å². The summed E-state index contributed by atoms with van der Waals surface area (Å²) in [7, 11) is 1.67. The third-order valence-corrected chi connectivity index (χ3v) is 3.37. The minimum absolute atomic E-state index is 0.0446. The summed E-state index contributed by atoms with van der Waals surface area (Å²) in [5.74, 6) is -0.0131. The molecule has 3 rings (SSSR count). The largest absolute Gasteiger partial charge is 0.416 e. The van der Waals surface area contributed by atoms with Gasteiger partial charge in [-0.3, -0.25) is 4.79 Å². The van der Waals surface area contributed by atoms with Crippen LogP contribution in [-0.2, 0) is 19.8 Å². The van der Waals surface area contributed by atoms with E-state index < -0.39 is 17.6 Å². The fraction of sp³-hybridized carbons (Fsp3) is 0.214. The Hall–Kier alpha value is -2.84. The van der Waals surface area contributed by atoms with Crippen molar-refractivity contribution in [2.24, 2.45) is 7.05 Å². The number of nitrogens with one attached hydrogen (secondary N) is 1. The van der Waals surface area contributed by atoms with Crippen LogP contribution in [0.5, 0.6) is 0 Å². The molecule has 23 heavy (non-hydrogen) atoms.